The summed E-state index contributed by atoms with van der Waals surface area (Å²) in [5.41, 5.74) is 2.15. The number of nitrogens with one attached hydrogen (secondary N) is 1. The Morgan fingerprint density at radius 1 is 1.04 bits per heavy atom. The molecule has 0 aliphatic carbocycles. The summed E-state index contributed by atoms with van der Waals surface area (Å²) in [6.07, 6.45) is 4.13. The maximum Gasteiger partial charge on any atom is 0.244 e. The van der Waals surface area contributed by atoms with Gasteiger partial charge in [0.2, 0.25) is 10.0 Å². The van der Waals surface area contributed by atoms with Crippen molar-refractivity contribution in [3.63, 3.8) is 0 Å². The summed E-state index contributed by atoms with van der Waals surface area (Å²) in [4.78, 5) is 10.9. The third-order valence-corrected chi connectivity index (χ3v) is 6.41. The molecule has 26 heavy (non-hydrogen) atoms. The number of rotatable bonds is 6. The van der Waals surface area contributed by atoms with Gasteiger partial charge in [0.25, 0.3) is 0 Å². The fourth-order valence-corrected chi connectivity index (χ4v) is 4.16. The van der Waals surface area contributed by atoms with Crippen LogP contribution in [0, 0.1) is 6.92 Å². The number of aryl methyl sites for hydroxylation is 1. The van der Waals surface area contributed by atoms with Gasteiger partial charge in [0.15, 0.2) is 0 Å². The summed E-state index contributed by atoms with van der Waals surface area (Å²) in [5.74, 6) is 0.669. The van der Waals surface area contributed by atoms with Crippen molar-refractivity contribution in [2.75, 3.05) is 45.1 Å². The Hall–Kier alpha value is -2.03. The average molecular weight is 375 g/mol. The van der Waals surface area contributed by atoms with E-state index in [0.29, 0.717) is 25.5 Å². The predicted octanol–water partition coefficient (Wildman–Crippen LogP) is 1.38. The molecule has 0 spiro atoms. The number of likely N-dealkylation sites (N-methyl/N-ethyl adjacent to an activating group) is 1. The summed E-state index contributed by atoms with van der Waals surface area (Å²) >= 11 is 0. The van der Waals surface area contributed by atoms with E-state index in [0.717, 1.165) is 30.8 Å². The van der Waals surface area contributed by atoms with Gasteiger partial charge in [-0.1, -0.05) is 6.07 Å². The zero-order valence-electron chi connectivity index (χ0n) is 15.2. The van der Waals surface area contributed by atoms with Crippen molar-refractivity contribution >= 4 is 15.8 Å². The number of anilines is 1. The minimum absolute atomic E-state index is 0.246. The third-order valence-electron chi connectivity index (χ3n) is 4.53. The zero-order valence-corrected chi connectivity index (χ0v) is 16.0. The lowest BCUT2D eigenvalue weighted by Gasteiger charge is -2.31. The second-order valence-corrected chi connectivity index (χ2v) is 8.51. The molecule has 3 heterocycles. The highest BCUT2D eigenvalue weighted by Crippen LogP contribution is 2.18. The van der Waals surface area contributed by atoms with Crippen LogP contribution in [0.25, 0.3) is 0 Å². The fraction of sp³-hybridized carbons (Fsp3) is 0.444. The second-order valence-electron chi connectivity index (χ2n) is 6.57. The molecule has 0 radical (unpaired) electrons. The van der Waals surface area contributed by atoms with Crippen LogP contribution >= 0.6 is 0 Å². The molecule has 0 aromatic carbocycles. The number of hydrogen-bond donors (Lipinski definition) is 1. The highest BCUT2D eigenvalue weighted by molar-refractivity contribution is 7.89. The van der Waals surface area contributed by atoms with Gasteiger partial charge in [-0.3, -0.25) is 4.98 Å². The molecule has 0 amide bonds. The summed E-state index contributed by atoms with van der Waals surface area (Å²) in [7, 11) is -1.46. The first-order valence-corrected chi connectivity index (χ1v) is 10.2. The van der Waals surface area contributed by atoms with Crippen LogP contribution in [0.2, 0.25) is 0 Å². The number of aromatic nitrogens is 2. The first kappa shape index (κ1) is 18.8. The summed E-state index contributed by atoms with van der Waals surface area (Å²) in [6.45, 7) is 5.21. The van der Waals surface area contributed by atoms with Crippen LogP contribution in [0.1, 0.15) is 11.3 Å². The molecule has 1 saturated heterocycles. The molecule has 2 aromatic rings. The number of hydrogen-bond acceptors (Lipinski definition) is 6. The summed E-state index contributed by atoms with van der Waals surface area (Å²) in [6, 6.07) is 7.39. The maximum absolute atomic E-state index is 12.7. The smallest absolute Gasteiger partial charge is 0.244 e. The molecular weight excluding hydrogens is 350 g/mol. The van der Waals surface area contributed by atoms with Crippen molar-refractivity contribution in [3.8, 4) is 0 Å². The van der Waals surface area contributed by atoms with Crippen molar-refractivity contribution < 1.29 is 8.42 Å². The van der Waals surface area contributed by atoms with E-state index in [4.69, 9.17) is 0 Å². The Morgan fingerprint density at radius 2 is 1.81 bits per heavy atom. The minimum atomic E-state index is -3.46. The van der Waals surface area contributed by atoms with E-state index in [1.807, 2.05) is 26.2 Å². The van der Waals surface area contributed by atoms with Crippen LogP contribution in [-0.4, -0.2) is 67.4 Å². The van der Waals surface area contributed by atoms with E-state index < -0.39 is 10.0 Å². The monoisotopic (exact) mass is 375 g/mol. The topological polar surface area (TPSA) is 78.4 Å². The summed E-state index contributed by atoms with van der Waals surface area (Å²) in [5, 5.41) is 3.22. The van der Waals surface area contributed by atoms with Gasteiger partial charge in [0.1, 0.15) is 10.7 Å². The Labute approximate surface area is 155 Å². The molecule has 1 aliphatic rings. The first-order valence-electron chi connectivity index (χ1n) is 8.75. The quantitative estimate of drug-likeness (QED) is 0.822. The van der Waals surface area contributed by atoms with Crippen LogP contribution in [0.5, 0.6) is 0 Å². The molecule has 8 heteroatoms. The first-order chi connectivity index (χ1) is 12.4. The van der Waals surface area contributed by atoms with E-state index in [9.17, 15) is 8.42 Å². The highest BCUT2D eigenvalue weighted by atomic mass is 32.2. The van der Waals surface area contributed by atoms with Crippen molar-refractivity contribution in [1.82, 2.24) is 19.2 Å². The van der Waals surface area contributed by atoms with Gasteiger partial charge in [-0.2, -0.15) is 4.31 Å². The van der Waals surface area contributed by atoms with Crippen LogP contribution in [0.3, 0.4) is 0 Å². The van der Waals surface area contributed by atoms with E-state index >= 15 is 0 Å². The van der Waals surface area contributed by atoms with Crippen LogP contribution in [-0.2, 0) is 16.4 Å². The van der Waals surface area contributed by atoms with Gasteiger partial charge in [0, 0.05) is 50.8 Å². The SMILES string of the molecule is Cc1ccc(CCNc2ccc(S(=O)(=O)N3CCN(C)CC3)cn2)cn1. The molecule has 2 aromatic heterocycles. The van der Waals surface area contributed by atoms with Gasteiger partial charge in [-0.15, -0.1) is 0 Å². The lowest BCUT2D eigenvalue weighted by molar-refractivity contribution is 0.222. The predicted molar refractivity (Wildman–Crippen MR) is 102 cm³/mol. The molecule has 0 atom stereocenters. The lowest BCUT2D eigenvalue weighted by Crippen LogP contribution is -2.47. The lowest BCUT2D eigenvalue weighted by atomic mass is 10.2. The van der Waals surface area contributed by atoms with Gasteiger partial charge < -0.3 is 10.2 Å². The van der Waals surface area contributed by atoms with Crippen LogP contribution < -0.4 is 5.32 Å². The fourth-order valence-electron chi connectivity index (χ4n) is 2.80. The van der Waals surface area contributed by atoms with Gasteiger partial charge >= 0.3 is 0 Å². The number of nitrogens with zero attached hydrogens (tertiary/aromatic N) is 4. The molecule has 0 bridgehead atoms. The Bertz CT molecular complexity index is 814. The molecular formula is C18H25N5O2S. The molecule has 1 fully saturated rings. The van der Waals surface area contributed by atoms with E-state index in [2.05, 4.69) is 26.3 Å². The molecule has 7 nitrogen and oxygen atoms in total. The molecule has 1 N–H and O–H groups in total. The second kappa shape index (κ2) is 8.11. The minimum Gasteiger partial charge on any atom is -0.370 e. The van der Waals surface area contributed by atoms with Crippen molar-refractivity contribution in [2.24, 2.45) is 0 Å². The number of pyridine rings is 2. The average Bonchev–Trinajstić information content (AvgIpc) is 2.64. The number of sulfonamides is 1. The van der Waals surface area contributed by atoms with Gasteiger partial charge in [-0.05, 0) is 44.2 Å². The molecule has 1 aliphatic heterocycles. The molecule has 0 saturated carbocycles. The number of piperazine rings is 1. The maximum atomic E-state index is 12.7. The van der Waals surface area contributed by atoms with Crippen molar-refractivity contribution in [2.45, 2.75) is 18.2 Å². The Kier molecular flexibility index (Phi) is 5.85. The van der Waals surface area contributed by atoms with Crippen molar-refractivity contribution in [3.05, 3.63) is 47.9 Å². The van der Waals surface area contributed by atoms with E-state index in [1.54, 1.807) is 12.1 Å². The molecule has 0 unspecified atom stereocenters. The largest absolute Gasteiger partial charge is 0.370 e. The summed E-state index contributed by atoms with van der Waals surface area (Å²) < 4.78 is 26.9. The van der Waals surface area contributed by atoms with Gasteiger partial charge in [-0.25, -0.2) is 13.4 Å². The van der Waals surface area contributed by atoms with Crippen LogP contribution in [0.4, 0.5) is 5.82 Å². The Morgan fingerprint density at radius 3 is 2.42 bits per heavy atom. The highest BCUT2D eigenvalue weighted by Gasteiger charge is 2.27. The Balaban J connectivity index is 1.56. The zero-order chi connectivity index (χ0) is 18.6. The normalized spacial score (nSPS) is 16.5. The van der Waals surface area contributed by atoms with E-state index in [1.165, 1.54) is 10.5 Å². The van der Waals surface area contributed by atoms with E-state index in [-0.39, 0.29) is 4.90 Å². The van der Waals surface area contributed by atoms with Crippen molar-refractivity contribution in [1.29, 1.82) is 0 Å². The molecule has 3 rings (SSSR count). The van der Waals surface area contributed by atoms with Crippen LogP contribution in [0.15, 0.2) is 41.6 Å². The van der Waals surface area contributed by atoms with Gasteiger partial charge in [0.05, 0.1) is 0 Å². The molecule has 140 valence electrons. The third kappa shape index (κ3) is 4.57. The standard InChI is InChI=1S/C18H25N5O2S/c1-15-3-4-16(13-20-15)7-8-19-18-6-5-17(14-21-18)26(24,25)23-11-9-22(2)10-12-23/h3-6,13-14H,7-12H2,1-2H3,(H,19,21).